The van der Waals surface area contributed by atoms with Gasteiger partial charge in [0.15, 0.2) is 0 Å². The molecule has 9 nitrogen and oxygen atoms in total. The molecule has 1 unspecified atom stereocenters. The summed E-state index contributed by atoms with van der Waals surface area (Å²) in [6.07, 6.45) is 5.25. The highest BCUT2D eigenvalue weighted by Gasteiger charge is 2.27. The van der Waals surface area contributed by atoms with Crippen LogP contribution in [0.15, 0.2) is 12.3 Å². The van der Waals surface area contributed by atoms with Crippen molar-refractivity contribution >= 4 is 24.9 Å². The molecule has 2 aliphatic heterocycles. The van der Waals surface area contributed by atoms with Crippen molar-refractivity contribution in [3.63, 3.8) is 0 Å². The van der Waals surface area contributed by atoms with Crippen LogP contribution in [0.2, 0.25) is 25.7 Å². The van der Waals surface area contributed by atoms with E-state index in [1.54, 1.807) is 0 Å². The van der Waals surface area contributed by atoms with Gasteiger partial charge in [-0.15, -0.1) is 0 Å². The monoisotopic (exact) mass is 526 g/mol. The van der Waals surface area contributed by atoms with Gasteiger partial charge in [-0.05, 0) is 63.3 Å². The summed E-state index contributed by atoms with van der Waals surface area (Å²) in [6, 6.07) is 3.42. The van der Waals surface area contributed by atoms with E-state index in [1.807, 2.05) is 21.6 Å². The SMILES string of the molecule is Cc1c(N2CCOC[C@H]2C)nc2c(-c3ccn(C4CCCCO4)n3)nn(COCC[Si](C)(C)C)c2c1C. The normalized spacial score (nSPS) is 21.2. The Bertz CT molecular complexity index is 1230. The van der Waals surface area contributed by atoms with Crippen molar-refractivity contribution in [2.45, 2.75) is 84.7 Å². The Hall–Kier alpha value is -2.27. The quantitative estimate of drug-likeness (QED) is 0.297. The Morgan fingerprint density at radius 3 is 2.68 bits per heavy atom. The molecule has 3 aromatic heterocycles. The molecular formula is C27H42N6O3Si. The van der Waals surface area contributed by atoms with E-state index in [4.69, 9.17) is 29.4 Å². The van der Waals surface area contributed by atoms with Gasteiger partial charge in [0.25, 0.3) is 0 Å². The number of aryl methyl sites for hydroxylation is 1. The predicted molar refractivity (Wildman–Crippen MR) is 149 cm³/mol. The van der Waals surface area contributed by atoms with Crippen molar-refractivity contribution < 1.29 is 14.2 Å². The molecule has 0 radical (unpaired) electrons. The van der Waals surface area contributed by atoms with Gasteiger partial charge >= 0.3 is 0 Å². The van der Waals surface area contributed by atoms with Crippen molar-refractivity contribution in [3.05, 3.63) is 23.4 Å². The molecular weight excluding hydrogens is 484 g/mol. The second-order valence-corrected chi connectivity index (χ2v) is 17.3. The second kappa shape index (κ2) is 10.8. The molecule has 0 bridgehead atoms. The molecule has 0 aromatic carbocycles. The number of fused-ring (bicyclic) bond motifs is 1. The molecule has 0 aliphatic carbocycles. The molecule has 10 heteroatoms. The van der Waals surface area contributed by atoms with E-state index in [2.05, 4.69) is 45.3 Å². The number of pyridine rings is 1. The number of ether oxygens (including phenoxy) is 3. The summed E-state index contributed by atoms with van der Waals surface area (Å²) >= 11 is 0. The molecule has 5 heterocycles. The minimum atomic E-state index is -1.17. The first-order chi connectivity index (χ1) is 17.7. The second-order valence-electron chi connectivity index (χ2n) is 11.7. The molecule has 2 aliphatic rings. The Labute approximate surface area is 221 Å². The fraction of sp³-hybridized carbons (Fsp3) is 0.667. The molecule has 2 fully saturated rings. The Balaban J connectivity index is 1.55. The maximum absolute atomic E-state index is 6.15. The average Bonchev–Trinajstić information content (AvgIpc) is 3.50. The van der Waals surface area contributed by atoms with Crippen molar-refractivity contribution in [2.24, 2.45) is 0 Å². The fourth-order valence-electron chi connectivity index (χ4n) is 5.14. The topological polar surface area (TPSA) is 79.5 Å². The van der Waals surface area contributed by atoms with Crippen LogP contribution in [-0.4, -0.2) is 71.6 Å². The highest BCUT2D eigenvalue weighted by atomic mass is 28.3. The van der Waals surface area contributed by atoms with Gasteiger partial charge in [0, 0.05) is 34.0 Å². The number of aromatic nitrogens is 5. The van der Waals surface area contributed by atoms with Gasteiger partial charge < -0.3 is 19.1 Å². The molecule has 3 aromatic rings. The smallest absolute Gasteiger partial charge is 0.150 e. The zero-order valence-corrected chi connectivity index (χ0v) is 24.3. The highest BCUT2D eigenvalue weighted by Crippen LogP contribution is 2.35. The third-order valence-electron chi connectivity index (χ3n) is 7.55. The predicted octanol–water partition coefficient (Wildman–Crippen LogP) is 5.15. The molecule has 2 atom stereocenters. The summed E-state index contributed by atoms with van der Waals surface area (Å²) in [6.45, 7) is 17.8. The summed E-state index contributed by atoms with van der Waals surface area (Å²) in [4.78, 5) is 7.62. The van der Waals surface area contributed by atoms with Crippen molar-refractivity contribution in [3.8, 4) is 11.4 Å². The molecule has 0 spiro atoms. The number of nitrogens with zero attached hydrogens (tertiary/aromatic N) is 6. The van der Waals surface area contributed by atoms with Crippen LogP contribution in [-0.2, 0) is 20.9 Å². The van der Waals surface area contributed by atoms with Crippen LogP contribution < -0.4 is 4.90 Å². The first kappa shape index (κ1) is 26.3. The van der Waals surface area contributed by atoms with E-state index in [0.717, 1.165) is 73.3 Å². The van der Waals surface area contributed by atoms with E-state index in [9.17, 15) is 0 Å². The molecule has 37 heavy (non-hydrogen) atoms. The molecule has 0 saturated carbocycles. The van der Waals surface area contributed by atoms with Gasteiger partial charge in [-0.2, -0.15) is 10.2 Å². The standard InChI is InChI=1S/C27H42N6O3Si/c1-19-17-34-14-12-31(19)27-21(3)20(2)26-25(28-27)24(30-33(26)18-35-15-16-37(4,5)6)22-10-11-32(29-22)23-9-7-8-13-36-23/h10-11,19,23H,7-9,12-18H2,1-6H3/t19-,23?/m1/s1. The Morgan fingerprint density at radius 2 is 1.95 bits per heavy atom. The lowest BCUT2D eigenvalue weighted by Crippen LogP contribution is -2.44. The Morgan fingerprint density at radius 1 is 1.11 bits per heavy atom. The van der Waals surface area contributed by atoms with Gasteiger partial charge in [0.05, 0.1) is 24.8 Å². The maximum atomic E-state index is 6.15. The van der Waals surface area contributed by atoms with Crippen molar-refractivity contribution in [1.29, 1.82) is 0 Å². The third kappa shape index (κ3) is 5.62. The van der Waals surface area contributed by atoms with E-state index >= 15 is 0 Å². The zero-order chi connectivity index (χ0) is 26.2. The van der Waals surface area contributed by atoms with Crippen LogP contribution in [0, 0.1) is 13.8 Å². The van der Waals surface area contributed by atoms with E-state index in [0.29, 0.717) is 19.9 Å². The molecule has 202 valence electrons. The van der Waals surface area contributed by atoms with Crippen LogP contribution in [0.5, 0.6) is 0 Å². The number of morpholine rings is 1. The zero-order valence-electron chi connectivity index (χ0n) is 23.3. The van der Waals surface area contributed by atoms with Gasteiger partial charge in [0.1, 0.15) is 35.7 Å². The van der Waals surface area contributed by atoms with Crippen LogP contribution >= 0.6 is 0 Å². The molecule has 0 amide bonds. The number of hydrogen-bond acceptors (Lipinski definition) is 7. The van der Waals surface area contributed by atoms with Crippen molar-refractivity contribution in [2.75, 3.05) is 37.9 Å². The fourth-order valence-corrected chi connectivity index (χ4v) is 5.90. The van der Waals surface area contributed by atoms with E-state index in [-0.39, 0.29) is 12.3 Å². The minimum Gasteiger partial charge on any atom is -0.377 e. The maximum Gasteiger partial charge on any atom is 0.150 e. The first-order valence-electron chi connectivity index (χ1n) is 13.7. The molecule has 2 saturated heterocycles. The van der Waals surface area contributed by atoms with Gasteiger partial charge in [-0.25, -0.2) is 14.3 Å². The van der Waals surface area contributed by atoms with Gasteiger partial charge in [-0.3, -0.25) is 0 Å². The van der Waals surface area contributed by atoms with E-state index in [1.165, 1.54) is 11.1 Å². The lowest BCUT2D eigenvalue weighted by Gasteiger charge is -2.35. The largest absolute Gasteiger partial charge is 0.377 e. The van der Waals surface area contributed by atoms with Crippen LogP contribution in [0.4, 0.5) is 5.82 Å². The lowest BCUT2D eigenvalue weighted by atomic mass is 10.1. The van der Waals surface area contributed by atoms with Crippen LogP contribution in [0.1, 0.15) is 43.5 Å². The Kier molecular flexibility index (Phi) is 7.72. The summed E-state index contributed by atoms with van der Waals surface area (Å²) in [5.74, 6) is 1.01. The van der Waals surface area contributed by atoms with Crippen molar-refractivity contribution in [1.82, 2.24) is 24.5 Å². The third-order valence-corrected chi connectivity index (χ3v) is 9.25. The average molecular weight is 527 g/mol. The summed E-state index contributed by atoms with van der Waals surface area (Å²) in [5.41, 5.74) is 5.87. The molecule has 0 N–H and O–H groups in total. The number of anilines is 1. The highest BCUT2D eigenvalue weighted by molar-refractivity contribution is 6.76. The number of rotatable bonds is 8. The summed E-state index contributed by atoms with van der Waals surface area (Å²) in [5, 5.41) is 9.95. The number of hydrogen-bond donors (Lipinski definition) is 0. The summed E-state index contributed by atoms with van der Waals surface area (Å²) < 4.78 is 21.7. The first-order valence-corrected chi connectivity index (χ1v) is 17.4. The van der Waals surface area contributed by atoms with E-state index < -0.39 is 8.07 Å². The summed E-state index contributed by atoms with van der Waals surface area (Å²) in [7, 11) is -1.17. The lowest BCUT2D eigenvalue weighted by molar-refractivity contribution is -0.0393. The van der Waals surface area contributed by atoms with Crippen LogP contribution in [0.3, 0.4) is 0 Å². The molecule has 5 rings (SSSR count). The van der Waals surface area contributed by atoms with Gasteiger partial charge in [0.2, 0.25) is 0 Å². The van der Waals surface area contributed by atoms with Crippen LogP contribution in [0.25, 0.3) is 22.4 Å². The van der Waals surface area contributed by atoms with Gasteiger partial charge in [-0.1, -0.05) is 19.6 Å². The minimum absolute atomic E-state index is 0.0116.